The number of fused-ring (bicyclic) bond motifs is 1. The number of esters is 1. The molecule has 1 aliphatic rings. The summed E-state index contributed by atoms with van der Waals surface area (Å²) in [6.07, 6.45) is 3.19. The topological polar surface area (TPSA) is 82.6 Å². The number of halogens is 1. The predicted molar refractivity (Wildman–Crippen MR) is 118 cm³/mol. The molecule has 0 bridgehead atoms. The number of hydrogen-bond acceptors (Lipinski definition) is 6. The lowest BCUT2D eigenvalue weighted by molar-refractivity contribution is -0.139. The molecule has 168 valence electrons. The summed E-state index contributed by atoms with van der Waals surface area (Å²) >= 11 is 0. The Kier molecular flexibility index (Phi) is 5.90. The van der Waals surface area contributed by atoms with Gasteiger partial charge in [-0.3, -0.25) is 4.79 Å². The molecule has 3 aromatic rings. The van der Waals surface area contributed by atoms with Gasteiger partial charge in [-0.25, -0.2) is 17.8 Å². The van der Waals surface area contributed by atoms with Crippen molar-refractivity contribution in [3.05, 3.63) is 59.0 Å². The molecular formula is C24H24FNO5S. The predicted octanol–water partition coefficient (Wildman–Crippen LogP) is 4.86. The molecule has 0 amide bonds. The lowest BCUT2D eigenvalue weighted by atomic mass is 9.98. The zero-order valence-corrected chi connectivity index (χ0v) is 19.0. The van der Waals surface area contributed by atoms with Gasteiger partial charge in [0.15, 0.2) is 9.84 Å². The van der Waals surface area contributed by atoms with Gasteiger partial charge in [-0.1, -0.05) is 19.1 Å². The van der Waals surface area contributed by atoms with Gasteiger partial charge < -0.3 is 9.47 Å². The van der Waals surface area contributed by atoms with Gasteiger partial charge in [0.2, 0.25) is 5.88 Å². The molecule has 1 heterocycles. The van der Waals surface area contributed by atoms with Crippen LogP contribution in [0.4, 0.5) is 4.39 Å². The molecule has 1 aliphatic carbocycles. The van der Waals surface area contributed by atoms with Crippen LogP contribution in [0.2, 0.25) is 0 Å². The number of carbonyl (C=O) groups is 1. The third kappa shape index (κ3) is 4.32. The number of rotatable bonds is 7. The van der Waals surface area contributed by atoms with Crippen LogP contribution in [0.15, 0.2) is 41.4 Å². The Morgan fingerprint density at radius 2 is 1.97 bits per heavy atom. The monoisotopic (exact) mass is 457 g/mol. The summed E-state index contributed by atoms with van der Waals surface area (Å²) in [4.78, 5) is 16.4. The fourth-order valence-corrected chi connectivity index (χ4v) is 4.55. The number of benzene rings is 2. The van der Waals surface area contributed by atoms with Gasteiger partial charge in [-0.2, -0.15) is 0 Å². The van der Waals surface area contributed by atoms with Crippen LogP contribution < -0.4 is 4.74 Å². The molecule has 0 atom stereocenters. The summed E-state index contributed by atoms with van der Waals surface area (Å²) < 4.78 is 49.8. The Morgan fingerprint density at radius 3 is 2.62 bits per heavy atom. The van der Waals surface area contributed by atoms with E-state index >= 15 is 0 Å². The first-order valence-corrected chi connectivity index (χ1v) is 12.1. The van der Waals surface area contributed by atoms with Crippen LogP contribution in [0, 0.1) is 12.7 Å². The van der Waals surface area contributed by atoms with Gasteiger partial charge in [0.05, 0.1) is 24.2 Å². The highest BCUT2D eigenvalue weighted by Gasteiger charge is 2.30. The second kappa shape index (κ2) is 8.50. The molecular weight excluding hydrogens is 433 g/mol. The first-order valence-electron chi connectivity index (χ1n) is 10.4. The van der Waals surface area contributed by atoms with Crippen LogP contribution in [0.3, 0.4) is 0 Å². The zero-order chi connectivity index (χ0) is 23.0. The van der Waals surface area contributed by atoms with E-state index in [1.165, 1.54) is 25.4 Å². The lowest BCUT2D eigenvalue weighted by Crippen LogP contribution is -2.08. The maximum Gasteiger partial charge on any atom is 0.309 e. The number of aromatic nitrogens is 1. The Balaban J connectivity index is 1.86. The van der Waals surface area contributed by atoms with Crippen LogP contribution >= 0.6 is 0 Å². The number of pyridine rings is 1. The Bertz CT molecular complexity index is 1320. The van der Waals surface area contributed by atoms with Gasteiger partial charge in [-0.15, -0.1) is 0 Å². The standard InChI is InChI=1S/C24H24FNO5S/c1-4-32(28,29)19-12-21(15-5-6-15)24(26-13-19)31-23-14(2)17(10-22(27)30-3)9-16-7-8-18(25)11-20(16)23/h7-9,11-13,15H,4-6,10H2,1-3H3. The molecule has 8 heteroatoms. The maximum atomic E-state index is 14.1. The molecule has 6 nitrogen and oxygen atoms in total. The molecule has 0 aliphatic heterocycles. The number of methoxy groups -OCH3 is 1. The van der Waals surface area contributed by atoms with Crippen molar-refractivity contribution >= 4 is 26.6 Å². The van der Waals surface area contributed by atoms with Crippen molar-refractivity contribution in [3.63, 3.8) is 0 Å². The molecule has 0 unspecified atom stereocenters. The highest BCUT2D eigenvalue weighted by Crippen LogP contribution is 2.46. The maximum absolute atomic E-state index is 14.1. The van der Waals surface area contributed by atoms with Crippen LogP contribution in [0.25, 0.3) is 10.8 Å². The summed E-state index contributed by atoms with van der Waals surface area (Å²) in [5.41, 5.74) is 2.09. The average molecular weight is 458 g/mol. The van der Waals surface area contributed by atoms with Crippen molar-refractivity contribution in [1.82, 2.24) is 4.98 Å². The molecule has 1 fully saturated rings. The molecule has 2 aromatic carbocycles. The van der Waals surface area contributed by atoms with Crippen LogP contribution in [-0.4, -0.2) is 32.2 Å². The lowest BCUT2D eigenvalue weighted by Gasteiger charge is -2.17. The van der Waals surface area contributed by atoms with Gasteiger partial charge in [0, 0.05) is 17.1 Å². The number of hydrogen-bond donors (Lipinski definition) is 0. The van der Waals surface area contributed by atoms with E-state index in [9.17, 15) is 17.6 Å². The normalized spacial score (nSPS) is 13.9. The van der Waals surface area contributed by atoms with Crippen molar-refractivity contribution in [2.45, 2.75) is 43.9 Å². The van der Waals surface area contributed by atoms with Crippen molar-refractivity contribution in [2.75, 3.05) is 12.9 Å². The summed E-state index contributed by atoms with van der Waals surface area (Å²) in [5.74, 6) is 0.0324. The van der Waals surface area contributed by atoms with E-state index in [2.05, 4.69) is 4.98 Å². The van der Waals surface area contributed by atoms with E-state index in [0.29, 0.717) is 33.5 Å². The third-order valence-electron chi connectivity index (χ3n) is 5.78. The van der Waals surface area contributed by atoms with E-state index in [0.717, 1.165) is 18.4 Å². The average Bonchev–Trinajstić information content (AvgIpc) is 3.62. The fraction of sp³-hybridized carbons (Fsp3) is 0.333. The molecule has 0 radical (unpaired) electrons. The third-order valence-corrected chi connectivity index (χ3v) is 7.48. The molecule has 1 aromatic heterocycles. The largest absolute Gasteiger partial charge is 0.469 e. The van der Waals surface area contributed by atoms with Crippen LogP contribution in [0.1, 0.15) is 42.4 Å². The van der Waals surface area contributed by atoms with Gasteiger partial charge in [-0.05, 0) is 60.4 Å². The molecule has 32 heavy (non-hydrogen) atoms. The molecule has 0 spiro atoms. The van der Waals surface area contributed by atoms with Crippen molar-refractivity contribution < 1.29 is 27.1 Å². The van der Waals surface area contributed by atoms with E-state index in [4.69, 9.17) is 9.47 Å². The van der Waals surface area contributed by atoms with E-state index in [1.54, 1.807) is 26.0 Å². The first kappa shape index (κ1) is 22.2. The second-order valence-corrected chi connectivity index (χ2v) is 10.2. The minimum absolute atomic E-state index is 0.0163. The number of carbonyl (C=O) groups excluding carboxylic acids is 1. The van der Waals surface area contributed by atoms with E-state index < -0.39 is 21.6 Å². The Morgan fingerprint density at radius 1 is 1.22 bits per heavy atom. The summed E-state index contributed by atoms with van der Waals surface area (Å²) in [7, 11) is -2.08. The summed E-state index contributed by atoms with van der Waals surface area (Å²) in [5, 5.41) is 1.26. The van der Waals surface area contributed by atoms with Gasteiger partial charge in [0.25, 0.3) is 0 Å². The number of ether oxygens (including phenoxy) is 2. The minimum atomic E-state index is -3.41. The summed E-state index contributed by atoms with van der Waals surface area (Å²) in [6, 6.07) is 7.81. The Labute approximate surface area is 186 Å². The number of nitrogens with zero attached hydrogens (tertiary/aromatic N) is 1. The molecule has 0 N–H and O–H groups in total. The highest BCUT2D eigenvalue weighted by molar-refractivity contribution is 7.91. The number of sulfone groups is 1. The van der Waals surface area contributed by atoms with Crippen molar-refractivity contribution in [2.24, 2.45) is 0 Å². The zero-order valence-electron chi connectivity index (χ0n) is 18.1. The SMILES string of the molecule is CCS(=O)(=O)c1cnc(Oc2c(C)c(CC(=O)OC)cc3ccc(F)cc23)c(C2CC2)c1. The van der Waals surface area contributed by atoms with Crippen molar-refractivity contribution in [1.29, 1.82) is 0 Å². The van der Waals surface area contributed by atoms with Gasteiger partial charge >= 0.3 is 5.97 Å². The van der Waals surface area contributed by atoms with Crippen LogP contribution in [-0.2, 0) is 25.8 Å². The minimum Gasteiger partial charge on any atom is -0.469 e. The molecule has 0 saturated heterocycles. The molecule has 4 rings (SSSR count). The first-order chi connectivity index (χ1) is 15.2. The highest BCUT2D eigenvalue weighted by atomic mass is 32.2. The van der Waals surface area contributed by atoms with Gasteiger partial charge in [0.1, 0.15) is 11.6 Å². The summed E-state index contributed by atoms with van der Waals surface area (Å²) in [6.45, 7) is 3.39. The smallest absolute Gasteiger partial charge is 0.309 e. The fourth-order valence-electron chi connectivity index (χ4n) is 3.69. The Hall–Kier alpha value is -3.00. The second-order valence-electron chi connectivity index (χ2n) is 7.95. The van der Waals surface area contributed by atoms with E-state index in [1.807, 2.05) is 6.07 Å². The van der Waals surface area contributed by atoms with Crippen LogP contribution in [0.5, 0.6) is 11.6 Å². The quantitative estimate of drug-likeness (QED) is 0.471. The van der Waals surface area contributed by atoms with Crippen molar-refractivity contribution in [3.8, 4) is 11.6 Å². The molecule has 1 saturated carbocycles. The van der Waals surface area contributed by atoms with E-state index in [-0.39, 0.29) is 23.0 Å².